The topological polar surface area (TPSA) is 103 Å². The van der Waals surface area contributed by atoms with Gasteiger partial charge in [0.25, 0.3) is 0 Å². The lowest BCUT2D eigenvalue weighted by atomic mass is 10.1. The van der Waals surface area contributed by atoms with Gasteiger partial charge in [-0.3, -0.25) is 4.79 Å². The van der Waals surface area contributed by atoms with Crippen molar-refractivity contribution < 1.29 is 4.79 Å². The Hall–Kier alpha value is -1.81. The number of hydrogen-bond acceptors (Lipinski definition) is 8. The highest BCUT2D eigenvalue weighted by Crippen LogP contribution is 2.04. The summed E-state index contributed by atoms with van der Waals surface area (Å²) in [4.78, 5) is 23.7. The van der Waals surface area contributed by atoms with Crippen LogP contribution in [-0.4, -0.2) is 113 Å². The number of piperidine rings is 1. The number of hydrogen-bond donors (Lipinski definition) is 3. The maximum atomic E-state index is 9.22. The lowest BCUT2D eigenvalue weighted by Gasteiger charge is -2.20. The summed E-state index contributed by atoms with van der Waals surface area (Å²) >= 11 is 0. The average Bonchev–Trinajstić information content (AvgIpc) is 3.32. The van der Waals surface area contributed by atoms with Gasteiger partial charge in [0.1, 0.15) is 0 Å². The first-order valence-electron chi connectivity index (χ1n) is 12.9. The third kappa shape index (κ3) is 50.1. The van der Waals surface area contributed by atoms with Gasteiger partial charge in [-0.15, -0.1) is 0 Å². The summed E-state index contributed by atoms with van der Waals surface area (Å²) in [6, 6.07) is 1.78. The van der Waals surface area contributed by atoms with Crippen molar-refractivity contribution in [1.82, 2.24) is 30.0 Å². The number of rotatable bonds is 2. The van der Waals surface area contributed by atoms with Gasteiger partial charge in [0, 0.05) is 26.4 Å². The zero-order valence-corrected chi connectivity index (χ0v) is 25.0. The van der Waals surface area contributed by atoms with Crippen LogP contribution in [0.15, 0.2) is 18.5 Å². The quantitative estimate of drug-likeness (QED) is 0.569. The number of nitrogens with zero attached hydrogens (tertiary/aromatic N) is 5. The zero-order valence-electron chi connectivity index (χ0n) is 25.0. The van der Waals surface area contributed by atoms with E-state index in [0.29, 0.717) is 5.95 Å². The van der Waals surface area contributed by atoms with Crippen LogP contribution in [0.2, 0.25) is 0 Å². The van der Waals surface area contributed by atoms with E-state index in [2.05, 4.69) is 57.2 Å². The number of likely N-dealkylation sites (tertiary alicyclic amines) is 2. The van der Waals surface area contributed by atoms with Gasteiger partial charge in [0.2, 0.25) is 11.9 Å². The molecule has 0 aromatic carbocycles. The number of nitrogens with one attached hydrogen (secondary N) is 2. The molecule has 35 heavy (non-hydrogen) atoms. The normalized spacial score (nSPS) is 14.2. The molecule has 0 unspecified atom stereocenters. The van der Waals surface area contributed by atoms with Crippen LogP contribution in [0.3, 0.4) is 0 Å². The predicted molar refractivity (Wildman–Crippen MR) is 155 cm³/mol. The van der Waals surface area contributed by atoms with Gasteiger partial charge in [0.15, 0.2) is 0 Å². The fourth-order valence-corrected chi connectivity index (χ4v) is 2.36. The van der Waals surface area contributed by atoms with E-state index in [1.165, 1.54) is 65.2 Å². The largest absolute Gasteiger partial charge is 0.370 e. The van der Waals surface area contributed by atoms with Gasteiger partial charge in [-0.2, -0.15) is 0 Å². The molecule has 2 aliphatic heterocycles. The first-order valence-corrected chi connectivity index (χ1v) is 12.9. The smallest absolute Gasteiger partial charge is 0.222 e. The predicted octanol–water partition coefficient (Wildman–Crippen LogP) is 3.25. The summed E-state index contributed by atoms with van der Waals surface area (Å²) in [6.07, 6.45) is 10.5. The Kier molecular flexibility index (Phi) is 39.6. The highest BCUT2D eigenvalue weighted by atomic mass is 16.1. The molecule has 0 saturated carbocycles. The van der Waals surface area contributed by atoms with Crippen molar-refractivity contribution in [2.45, 2.75) is 59.8 Å². The fraction of sp³-hybridized carbons (Fsp3) is 0.808. The molecule has 3 heterocycles. The molecule has 210 valence electrons. The van der Waals surface area contributed by atoms with E-state index in [1.807, 2.05) is 46.9 Å². The minimum absolute atomic E-state index is 0.333. The summed E-state index contributed by atoms with van der Waals surface area (Å²) in [5, 5.41) is 5.74. The van der Waals surface area contributed by atoms with Crippen molar-refractivity contribution >= 4 is 11.9 Å². The molecule has 2 aliphatic rings. The van der Waals surface area contributed by atoms with Crippen molar-refractivity contribution in [3.63, 3.8) is 0 Å². The van der Waals surface area contributed by atoms with E-state index in [4.69, 9.17) is 0 Å². The van der Waals surface area contributed by atoms with Crippen LogP contribution in [0.25, 0.3) is 0 Å². The third-order valence-corrected chi connectivity index (χ3v) is 4.05. The molecule has 1 amide bonds. The minimum atomic E-state index is -0.333. The van der Waals surface area contributed by atoms with E-state index < -0.39 is 0 Å². The van der Waals surface area contributed by atoms with Crippen molar-refractivity contribution in [3.05, 3.63) is 18.5 Å². The van der Waals surface area contributed by atoms with E-state index in [-0.39, 0.29) is 5.91 Å². The SMILES string of the molecule is CC.CC(N)=O.CCNC.CN(C)C.CN1CCCC1.CN1CCCCC1.CNc1ncccn1. The molecule has 3 rings (SSSR count). The summed E-state index contributed by atoms with van der Waals surface area (Å²) < 4.78 is 0. The number of anilines is 1. The van der Waals surface area contributed by atoms with Crippen LogP contribution >= 0.6 is 0 Å². The number of nitrogens with two attached hydrogens (primary N) is 1. The van der Waals surface area contributed by atoms with Crippen LogP contribution in [-0.2, 0) is 4.79 Å². The summed E-state index contributed by atoms with van der Waals surface area (Å²) in [6.45, 7) is 13.7. The Bertz CT molecular complexity index is 483. The van der Waals surface area contributed by atoms with E-state index in [0.717, 1.165) is 6.54 Å². The molecule has 2 saturated heterocycles. The molecular formula is C26H60N8O. The van der Waals surface area contributed by atoms with Gasteiger partial charge in [-0.25, -0.2) is 9.97 Å². The van der Waals surface area contributed by atoms with Crippen LogP contribution < -0.4 is 16.4 Å². The Morgan fingerprint density at radius 3 is 1.34 bits per heavy atom. The Balaban J connectivity index is -0.000000166. The van der Waals surface area contributed by atoms with Crippen LogP contribution in [0.4, 0.5) is 5.95 Å². The maximum absolute atomic E-state index is 9.22. The molecule has 9 nitrogen and oxygen atoms in total. The number of carbonyl (C=O) groups excluding carboxylic acids is 1. The van der Waals surface area contributed by atoms with Gasteiger partial charge in [0.05, 0.1) is 0 Å². The molecule has 0 atom stereocenters. The molecule has 0 spiro atoms. The van der Waals surface area contributed by atoms with Crippen molar-refractivity contribution in [3.8, 4) is 0 Å². The van der Waals surface area contributed by atoms with Gasteiger partial charge < -0.3 is 31.1 Å². The van der Waals surface area contributed by atoms with Gasteiger partial charge in [-0.05, 0) is 107 Å². The van der Waals surface area contributed by atoms with Gasteiger partial charge >= 0.3 is 0 Å². The first-order chi connectivity index (χ1) is 16.6. The molecule has 9 heteroatoms. The molecular weight excluding hydrogens is 440 g/mol. The molecule has 0 bridgehead atoms. The molecule has 1 aromatic rings. The first kappa shape index (κ1) is 40.4. The molecule has 1 aromatic heterocycles. The van der Waals surface area contributed by atoms with Crippen molar-refractivity contribution in [2.24, 2.45) is 5.73 Å². The standard InChI is InChI=1S/C6H13N.C5H7N3.C5H11N.2C3H9N.C2H5NO.C2H6/c1-7-5-3-2-4-6-7;1-6-5-7-3-2-4-8-5;1-6-4-2-3-5-6;1-4(2)3;1-3-4-2;1-2(3)4;1-2/h2-6H2,1H3;2-4H,1H3,(H,6,7,8);2-5H2,1H3;1-3H3;4H,3H2,1-2H3;1H3,(H2,3,4);1-2H3. The monoisotopic (exact) mass is 500 g/mol. The van der Waals surface area contributed by atoms with Gasteiger partial charge in [-0.1, -0.05) is 27.2 Å². The second-order valence-electron chi connectivity index (χ2n) is 8.36. The summed E-state index contributed by atoms with van der Waals surface area (Å²) in [5.74, 6) is 0.326. The van der Waals surface area contributed by atoms with E-state index >= 15 is 0 Å². The van der Waals surface area contributed by atoms with Crippen LogP contribution in [0.1, 0.15) is 59.8 Å². The van der Waals surface area contributed by atoms with Crippen LogP contribution in [0, 0.1) is 0 Å². The number of carbonyl (C=O) groups is 1. The Labute approximate surface area is 218 Å². The van der Waals surface area contributed by atoms with E-state index in [9.17, 15) is 4.79 Å². The molecule has 0 radical (unpaired) electrons. The lowest BCUT2D eigenvalue weighted by molar-refractivity contribution is -0.115. The highest BCUT2D eigenvalue weighted by molar-refractivity contribution is 5.70. The number of amides is 1. The zero-order chi connectivity index (χ0) is 27.9. The molecule has 2 fully saturated rings. The Morgan fingerprint density at radius 2 is 1.20 bits per heavy atom. The van der Waals surface area contributed by atoms with Crippen molar-refractivity contribution in [1.29, 1.82) is 0 Å². The number of aromatic nitrogens is 2. The van der Waals surface area contributed by atoms with E-state index in [1.54, 1.807) is 25.5 Å². The fourth-order valence-electron chi connectivity index (χ4n) is 2.36. The minimum Gasteiger partial charge on any atom is -0.370 e. The summed E-state index contributed by atoms with van der Waals surface area (Å²) in [5.41, 5.74) is 4.47. The average molecular weight is 501 g/mol. The second kappa shape index (κ2) is 34.4. The lowest BCUT2D eigenvalue weighted by Crippen LogP contribution is -2.24. The molecule has 0 aliphatic carbocycles. The molecule has 4 N–H and O–H groups in total. The highest BCUT2D eigenvalue weighted by Gasteiger charge is 2.03. The maximum Gasteiger partial charge on any atom is 0.222 e. The number of primary amides is 1. The summed E-state index contributed by atoms with van der Waals surface area (Å²) in [7, 11) is 14.1. The van der Waals surface area contributed by atoms with Crippen molar-refractivity contribution in [2.75, 3.05) is 87.4 Å². The second-order valence-corrected chi connectivity index (χ2v) is 8.36. The third-order valence-electron chi connectivity index (χ3n) is 4.05. The van der Waals surface area contributed by atoms with Crippen LogP contribution in [0.5, 0.6) is 0 Å². The Morgan fingerprint density at radius 1 is 0.914 bits per heavy atom.